The summed E-state index contributed by atoms with van der Waals surface area (Å²) >= 11 is 0. The van der Waals surface area contributed by atoms with Crippen LogP contribution in [0, 0.1) is 11.8 Å². The minimum atomic E-state index is -0.137. The molecule has 1 aliphatic rings. The minimum Gasteiger partial charge on any atom is -0.466 e. The smallest absolute Gasteiger partial charge is 0.308 e. The van der Waals surface area contributed by atoms with Gasteiger partial charge in [-0.2, -0.15) is 0 Å². The van der Waals surface area contributed by atoms with Gasteiger partial charge in [-0.05, 0) is 26.2 Å². The van der Waals surface area contributed by atoms with Crippen molar-refractivity contribution >= 4 is 12.3 Å². The summed E-state index contributed by atoms with van der Waals surface area (Å²) in [5.74, 6) is -0.0820. The molecule has 12 heavy (non-hydrogen) atoms. The third kappa shape index (κ3) is 2.06. The van der Waals surface area contributed by atoms with Crippen LogP contribution in [0.5, 0.6) is 0 Å². The maximum atomic E-state index is 11.2. The van der Waals surface area contributed by atoms with Gasteiger partial charge >= 0.3 is 5.97 Å². The average Bonchev–Trinajstić information content (AvgIpc) is 2.52. The van der Waals surface area contributed by atoms with E-state index in [1.165, 1.54) is 0 Å². The van der Waals surface area contributed by atoms with Crippen molar-refractivity contribution in [3.05, 3.63) is 0 Å². The molecular weight excluding hydrogens is 156 g/mol. The first-order chi connectivity index (χ1) is 5.77. The predicted molar refractivity (Wildman–Crippen MR) is 43.5 cm³/mol. The number of hydrogen-bond donors (Lipinski definition) is 0. The molecule has 0 bridgehead atoms. The lowest BCUT2D eigenvalue weighted by molar-refractivity contribution is -0.147. The summed E-state index contributed by atoms with van der Waals surface area (Å²) in [6.45, 7) is 2.23. The Bertz CT molecular complexity index is 177. The lowest BCUT2D eigenvalue weighted by Gasteiger charge is -2.06. The summed E-state index contributed by atoms with van der Waals surface area (Å²) < 4.78 is 4.86. The van der Waals surface area contributed by atoms with Gasteiger partial charge in [0.2, 0.25) is 0 Å². The molecule has 2 atom stereocenters. The molecule has 0 aromatic heterocycles. The highest BCUT2D eigenvalue weighted by molar-refractivity contribution is 5.73. The molecule has 0 radical (unpaired) electrons. The van der Waals surface area contributed by atoms with Crippen LogP contribution in [0.25, 0.3) is 0 Å². The first kappa shape index (κ1) is 9.23. The molecule has 0 saturated heterocycles. The molecule has 0 unspecified atom stereocenters. The van der Waals surface area contributed by atoms with E-state index < -0.39 is 0 Å². The van der Waals surface area contributed by atoms with E-state index in [9.17, 15) is 9.59 Å². The third-order valence-corrected chi connectivity index (χ3v) is 2.29. The fourth-order valence-electron chi connectivity index (χ4n) is 1.61. The summed E-state index contributed by atoms with van der Waals surface area (Å²) in [5, 5.41) is 0. The van der Waals surface area contributed by atoms with Crippen molar-refractivity contribution in [2.24, 2.45) is 11.8 Å². The molecule has 1 rings (SSSR count). The first-order valence-electron chi connectivity index (χ1n) is 4.39. The van der Waals surface area contributed by atoms with Gasteiger partial charge in [0.1, 0.15) is 6.29 Å². The van der Waals surface area contributed by atoms with E-state index >= 15 is 0 Å². The van der Waals surface area contributed by atoms with E-state index in [2.05, 4.69) is 0 Å². The van der Waals surface area contributed by atoms with Crippen molar-refractivity contribution in [3.63, 3.8) is 0 Å². The number of carbonyl (C=O) groups is 2. The van der Waals surface area contributed by atoms with Crippen LogP contribution < -0.4 is 0 Å². The predicted octanol–water partition coefficient (Wildman–Crippen LogP) is 1.16. The van der Waals surface area contributed by atoms with E-state index in [-0.39, 0.29) is 17.8 Å². The minimum absolute atomic E-state index is 0.0276. The second-order valence-corrected chi connectivity index (χ2v) is 3.16. The van der Waals surface area contributed by atoms with Crippen LogP contribution in [0.2, 0.25) is 0 Å². The second kappa shape index (κ2) is 4.24. The van der Waals surface area contributed by atoms with Crippen molar-refractivity contribution in [3.8, 4) is 0 Å². The van der Waals surface area contributed by atoms with Crippen LogP contribution in [0.15, 0.2) is 0 Å². The van der Waals surface area contributed by atoms with E-state index in [4.69, 9.17) is 4.74 Å². The molecule has 1 aliphatic carbocycles. The Balaban J connectivity index is 2.35. The summed E-state index contributed by atoms with van der Waals surface area (Å²) in [5.41, 5.74) is 0. The van der Waals surface area contributed by atoms with Gasteiger partial charge in [0, 0.05) is 5.92 Å². The van der Waals surface area contributed by atoms with Crippen LogP contribution >= 0.6 is 0 Å². The number of ether oxygens (including phenoxy) is 1. The van der Waals surface area contributed by atoms with Crippen LogP contribution in [-0.2, 0) is 14.3 Å². The summed E-state index contributed by atoms with van der Waals surface area (Å²) in [7, 11) is 0. The number of hydrogen-bond acceptors (Lipinski definition) is 3. The van der Waals surface area contributed by atoms with E-state index in [1.807, 2.05) is 0 Å². The normalized spacial score (nSPS) is 28.4. The molecule has 1 saturated carbocycles. The average molecular weight is 170 g/mol. The summed E-state index contributed by atoms with van der Waals surface area (Å²) in [6.07, 6.45) is 3.27. The number of aldehydes is 1. The summed E-state index contributed by atoms with van der Waals surface area (Å²) in [6, 6.07) is 0. The Labute approximate surface area is 72.1 Å². The number of rotatable bonds is 3. The molecule has 0 aliphatic heterocycles. The monoisotopic (exact) mass is 170 g/mol. The topological polar surface area (TPSA) is 43.4 Å². The maximum absolute atomic E-state index is 11.2. The van der Waals surface area contributed by atoms with Crippen LogP contribution in [0.1, 0.15) is 26.2 Å². The van der Waals surface area contributed by atoms with Gasteiger partial charge in [-0.1, -0.05) is 0 Å². The quantitative estimate of drug-likeness (QED) is 0.471. The van der Waals surface area contributed by atoms with Gasteiger partial charge < -0.3 is 9.53 Å². The van der Waals surface area contributed by atoms with Crippen molar-refractivity contribution in [1.29, 1.82) is 0 Å². The fraction of sp³-hybridized carbons (Fsp3) is 0.778. The van der Waals surface area contributed by atoms with Crippen molar-refractivity contribution in [2.45, 2.75) is 26.2 Å². The number of carbonyl (C=O) groups excluding carboxylic acids is 2. The Morgan fingerprint density at radius 3 is 2.83 bits per heavy atom. The molecule has 3 heteroatoms. The van der Waals surface area contributed by atoms with Gasteiger partial charge in [0.15, 0.2) is 0 Å². The zero-order valence-electron chi connectivity index (χ0n) is 7.29. The standard InChI is InChI=1S/C9H14O3/c1-2-12-9(11)8-4-3-7(5-8)6-10/h6-8H,2-5H2,1H3/t7-,8-/m0/s1. The Hall–Kier alpha value is -0.860. The Kier molecular flexibility index (Phi) is 3.26. The van der Waals surface area contributed by atoms with Gasteiger partial charge in [-0.25, -0.2) is 0 Å². The second-order valence-electron chi connectivity index (χ2n) is 3.16. The fourth-order valence-corrected chi connectivity index (χ4v) is 1.61. The Morgan fingerprint density at radius 1 is 1.58 bits per heavy atom. The highest BCUT2D eigenvalue weighted by Gasteiger charge is 2.30. The van der Waals surface area contributed by atoms with E-state index in [1.54, 1.807) is 6.92 Å². The van der Waals surface area contributed by atoms with Crippen LogP contribution in [0.4, 0.5) is 0 Å². The maximum Gasteiger partial charge on any atom is 0.308 e. The van der Waals surface area contributed by atoms with Crippen molar-refractivity contribution in [1.82, 2.24) is 0 Å². The zero-order chi connectivity index (χ0) is 8.97. The van der Waals surface area contributed by atoms with Crippen LogP contribution in [-0.4, -0.2) is 18.9 Å². The highest BCUT2D eigenvalue weighted by Crippen LogP contribution is 2.30. The van der Waals surface area contributed by atoms with Gasteiger partial charge in [-0.15, -0.1) is 0 Å². The molecule has 0 spiro atoms. The Morgan fingerprint density at radius 2 is 2.33 bits per heavy atom. The molecule has 0 aromatic rings. The molecule has 0 aromatic carbocycles. The van der Waals surface area contributed by atoms with Crippen LogP contribution in [0.3, 0.4) is 0 Å². The molecule has 0 N–H and O–H groups in total. The van der Waals surface area contributed by atoms with Crippen molar-refractivity contribution in [2.75, 3.05) is 6.61 Å². The molecular formula is C9H14O3. The van der Waals surface area contributed by atoms with Gasteiger partial charge in [0.25, 0.3) is 0 Å². The van der Waals surface area contributed by atoms with Gasteiger partial charge in [-0.3, -0.25) is 4.79 Å². The van der Waals surface area contributed by atoms with E-state index in [0.717, 1.165) is 19.1 Å². The molecule has 1 fully saturated rings. The molecule has 0 heterocycles. The van der Waals surface area contributed by atoms with E-state index in [0.29, 0.717) is 13.0 Å². The number of esters is 1. The molecule has 0 amide bonds. The SMILES string of the molecule is CCOC(=O)[C@H]1CC[C@H](C=O)C1. The molecule has 3 nitrogen and oxygen atoms in total. The van der Waals surface area contributed by atoms with Gasteiger partial charge in [0.05, 0.1) is 12.5 Å². The largest absolute Gasteiger partial charge is 0.466 e. The third-order valence-electron chi connectivity index (χ3n) is 2.29. The van der Waals surface area contributed by atoms with Crippen molar-refractivity contribution < 1.29 is 14.3 Å². The zero-order valence-corrected chi connectivity index (χ0v) is 7.29. The lowest BCUT2D eigenvalue weighted by atomic mass is 10.1. The molecule has 68 valence electrons. The summed E-state index contributed by atoms with van der Waals surface area (Å²) in [4.78, 5) is 21.5. The highest BCUT2D eigenvalue weighted by atomic mass is 16.5. The lowest BCUT2D eigenvalue weighted by Crippen LogP contribution is -2.15. The first-order valence-corrected chi connectivity index (χ1v) is 4.39.